The average Bonchev–Trinajstić information content (AvgIpc) is 2.13. The lowest BCUT2D eigenvalue weighted by atomic mass is 10.3. The van der Waals surface area contributed by atoms with E-state index in [1.54, 1.807) is 13.8 Å². The second kappa shape index (κ2) is 5.21. The summed E-state index contributed by atoms with van der Waals surface area (Å²) >= 11 is 0. The molecular weight excluding hydrogens is 285 g/mol. The molecule has 0 aromatic heterocycles. The molecule has 0 saturated heterocycles. The molecule has 1 N–H and O–H groups in total. The van der Waals surface area contributed by atoms with Crippen LogP contribution in [-0.2, 0) is 20.5 Å². The fraction of sp³-hybridized carbons (Fsp3) is 0.333. The molecule has 0 unspecified atom stereocenters. The molecule has 9 heteroatoms. The molecule has 0 aliphatic rings. The Balaban J connectivity index is 2.96. The topological polar surface area (TPSA) is 89.5 Å². The summed E-state index contributed by atoms with van der Waals surface area (Å²) in [4.78, 5) is -0.0696. The van der Waals surface area contributed by atoms with Crippen molar-refractivity contribution in [1.29, 1.82) is 0 Å². The van der Waals surface area contributed by atoms with Crippen LogP contribution in [0.3, 0.4) is 0 Å². The van der Waals surface area contributed by atoms with Crippen molar-refractivity contribution in [2.24, 2.45) is 0 Å². The van der Waals surface area contributed by atoms with Crippen molar-refractivity contribution in [1.82, 2.24) is 4.72 Å². The van der Waals surface area contributed by atoms with E-state index in [0.29, 0.717) is 0 Å². The van der Waals surface area contributed by atoms with Crippen LogP contribution in [0.15, 0.2) is 29.2 Å². The highest BCUT2D eigenvalue weighted by Gasteiger charge is 2.16. The normalized spacial score (nSPS) is 12.7. The molecule has 0 bridgehead atoms. The Kier molecular flexibility index (Phi) is 4.30. The molecule has 1 rings (SSSR count). The molecule has 0 fully saturated rings. The van der Waals surface area contributed by atoms with Crippen LogP contribution >= 0.6 is 0 Å². The highest BCUT2D eigenvalue weighted by molar-refractivity contribution is 7.89. The van der Waals surface area contributed by atoms with E-state index < -0.39 is 20.5 Å². The molecule has 0 heterocycles. The summed E-state index contributed by atoms with van der Waals surface area (Å²) < 4.78 is 62.3. The fourth-order valence-electron chi connectivity index (χ4n) is 1.17. The van der Waals surface area contributed by atoms with Crippen LogP contribution in [0.25, 0.3) is 0 Å². The van der Waals surface area contributed by atoms with Crippen LogP contribution in [0.1, 0.15) is 13.8 Å². The number of hydrogen-bond acceptors (Lipinski definition) is 5. The Morgan fingerprint density at radius 1 is 1.11 bits per heavy atom. The zero-order valence-corrected chi connectivity index (χ0v) is 11.3. The van der Waals surface area contributed by atoms with Gasteiger partial charge in [0.1, 0.15) is 5.75 Å². The highest BCUT2D eigenvalue weighted by atomic mass is 32.3. The average molecular weight is 297 g/mol. The van der Waals surface area contributed by atoms with E-state index in [1.807, 2.05) is 0 Å². The number of benzene rings is 1. The van der Waals surface area contributed by atoms with Gasteiger partial charge in [0.05, 0.1) is 4.90 Å². The lowest BCUT2D eigenvalue weighted by molar-refractivity contribution is 0.440. The number of halogens is 1. The summed E-state index contributed by atoms with van der Waals surface area (Å²) in [7, 11) is -8.78. The molecule has 18 heavy (non-hydrogen) atoms. The van der Waals surface area contributed by atoms with Gasteiger partial charge in [-0.05, 0) is 38.1 Å². The molecule has 1 aromatic rings. The summed E-state index contributed by atoms with van der Waals surface area (Å²) in [6.45, 7) is 3.31. The van der Waals surface area contributed by atoms with Crippen molar-refractivity contribution in [2.75, 3.05) is 0 Å². The van der Waals surface area contributed by atoms with E-state index in [0.717, 1.165) is 24.3 Å². The number of hydrogen-bond donors (Lipinski definition) is 1. The van der Waals surface area contributed by atoms with E-state index >= 15 is 0 Å². The second-order valence-electron chi connectivity index (χ2n) is 3.72. The van der Waals surface area contributed by atoms with Crippen LogP contribution < -0.4 is 8.91 Å². The molecule has 0 atom stereocenters. The predicted octanol–water partition coefficient (Wildman–Crippen LogP) is 0.966. The first-order valence-electron chi connectivity index (χ1n) is 4.86. The molecule has 0 radical (unpaired) electrons. The largest absolute Gasteiger partial charge is 0.488 e. The molecule has 102 valence electrons. The first-order chi connectivity index (χ1) is 8.10. The van der Waals surface area contributed by atoms with E-state index in [4.69, 9.17) is 0 Å². The summed E-state index contributed by atoms with van der Waals surface area (Å²) in [5, 5.41) is 0. The second-order valence-corrected chi connectivity index (χ2v) is 6.39. The number of rotatable bonds is 5. The molecule has 0 saturated carbocycles. The highest BCUT2D eigenvalue weighted by Crippen LogP contribution is 2.18. The molecule has 0 aliphatic heterocycles. The molecular formula is C9H12FNO5S2. The van der Waals surface area contributed by atoms with Gasteiger partial charge in [-0.15, -0.1) is 0 Å². The molecule has 1 aromatic carbocycles. The van der Waals surface area contributed by atoms with Gasteiger partial charge in [-0.2, -0.15) is 8.42 Å². The first-order valence-corrected chi connectivity index (χ1v) is 7.66. The molecule has 0 aliphatic carbocycles. The first kappa shape index (κ1) is 14.9. The Morgan fingerprint density at radius 3 is 2.00 bits per heavy atom. The van der Waals surface area contributed by atoms with E-state index in [9.17, 15) is 20.7 Å². The van der Waals surface area contributed by atoms with Gasteiger partial charge in [-0.25, -0.2) is 13.1 Å². The molecule has 0 amide bonds. The Bertz CT molecular complexity index is 607. The van der Waals surface area contributed by atoms with Crippen LogP contribution in [-0.4, -0.2) is 22.9 Å². The van der Waals surface area contributed by atoms with Crippen molar-refractivity contribution in [2.45, 2.75) is 24.8 Å². The monoisotopic (exact) mass is 297 g/mol. The minimum atomic E-state index is -5.11. The third-order valence-corrected chi connectivity index (χ3v) is 3.79. The van der Waals surface area contributed by atoms with Crippen LogP contribution in [0, 0.1) is 0 Å². The van der Waals surface area contributed by atoms with Gasteiger partial charge in [0.25, 0.3) is 0 Å². The summed E-state index contributed by atoms with van der Waals surface area (Å²) in [6.07, 6.45) is 0. The Labute approximate surface area is 105 Å². The third kappa shape index (κ3) is 4.59. The predicted molar refractivity (Wildman–Crippen MR) is 62.6 cm³/mol. The van der Waals surface area contributed by atoms with Gasteiger partial charge in [0.2, 0.25) is 10.0 Å². The zero-order chi connectivity index (χ0) is 14.0. The molecule has 6 nitrogen and oxygen atoms in total. The van der Waals surface area contributed by atoms with E-state index in [-0.39, 0.29) is 16.7 Å². The smallest absolute Gasteiger partial charge is 0.358 e. The van der Waals surface area contributed by atoms with Crippen molar-refractivity contribution in [3.05, 3.63) is 24.3 Å². The van der Waals surface area contributed by atoms with Gasteiger partial charge >= 0.3 is 10.5 Å². The van der Waals surface area contributed by atoms with Crippen LogP contribution in [0.5, 0.6) is 5.75 Å². The van der Waals surface area contributed by atoms with Gasteiger partial charge in [0.15, 0.2) is 0 Å². The summed E-state index contributed by atoms with van der Waals surface area (Å²) in [5.74, 6) is -0.305. The summed E-state index contributed by atoms with van der Waals surface area (Å²) in [6, 6.07) is 4.05. The lowest BCUT2D eigenvalue weighted by Crippen LogP contribution is -2.30. The summed E-state index contributed by atoms with van der Waals surface area (Å²) in [5.41, 5.74) is 0. The standard InChI is InChI=1S/C9H12FNO5S2/c1-7(2)11-17(12,13)9-5-3-8(4-6-9)16-18(10,14)15/h3-7,11H,1-2H3. The maximum atomic E-state index is 12.2. The quantitative estimate of drug-likeness (QED) is 0.818. The zero-order valence-electron chi connectivity index (χ0n) is 9.62. The van der Waals surface area contributed by atoms with Crippen LogP contribution in [0.2, 0.25) is 0 Å². The van der Waals surface area contributed by atoms with Crippen LogP contribution in [0.4, 0.5) is 3.89 Å². The number of nitrogens with one attached hydrogen (secondary N) is 1. The maximum Gasteiger partial charge on any atom is 0.488 e. The Morgan fingerprint density at radius 2 is 1.61 bits per heavy atom. The molecule has 0 spiro atoms. The fourth-order valence-corrected chi connectivity index (χ4v) is 2.76. The van der Waals surface area contributed by atoms with E-state index in [1.165, 1.54) is 0 Å². The van der Waals surface area contributed by atoms with Crippen molar-refractivity contribution in [3.8, 4) is 5.75 Å². The maximum absolute atomic E-state index is 12.2. The SMILES string of the molecule is CC(C)NS(=O)(=O)c1ccc(OS(=O)(=O)F)cc1. The minimum Gasteiger partial charge on any atom is -0.358 e. The lowest BCUT2D eigenvalue weighted by Gasteiger charge is -2.09. The van der Waals surface area contributed by atoms with Gasteiger partial charge < -0.3 is 4.18 Å². The van der Waals surface area contributed by atoms with Gasteiger partial charge in [-0.3, -0.25) is 0 Å². The van der Waals surface area contributed by atoms with Gasteiger partial charge in [0, 0.05) is 6.04 Å². The minimum absolute atomic E-state index is 0.0696. The van der Waals surface area contributed by atoms with Crippen molar-refractivity contribution >= 4 is 20.5 Å². The van der Waals surface area contributed by atoms with Crippen molar-refractivity contribution < 1.29 is 24.9 Å². The number of sulfonamides is 1. The van der Waals surface area contributed by atoms with E-state index in [2.05, 4.69) is 8.91 Å². The Hall–Kier alpha value is -1.19. The third-order valence-electron chi connectivity index (χ3n) is 1.72. The van der Waals surface area contributed by atoms with Crippen molar-refractivity contribution in [3.63, 3.8) is 0 Å². The van der Waals surface area contributed by atoms with Gasteiger partial charge in [-0.1, -0.05) is 3.89 Å².